The van der Waals surface area contributed by atoms with E-state index >= 15 is 0 Å². The highest BCUT2D eigenvalue weighted by molar-refractivity contribution is 6.21. The third kappa shape index (κ3) is 2.91. The highest BCUT2D eigenvalue weighted by atomic mass is 16.2. The van der Waals surface area contributed by atoms with Crippen LogP contribution in [0.2, 0.25) is 0 Å². The second kappa shape index (κ2) is 6.58. The molecule has 5 heteroatoms. The van der Waals surface area contributed by atoms with Gasteiger partial charge in [-0.2, -0.15) is 0 Å². The summed E-state index contributed by atoms with van der Waals surface area (Å²) in [6.45, 7) is 4.44. The number of nitrogens with one attached hydrogen (secondary N) is 1. The highest BCUT2D eigenvalue weighted by Gasteiger charge is 2.35. The molecule has 2 amide bonds. The van der Waals surface area contributed by atoms with Crippen molar-refractivity contribution in [2.45, 2.75) is 12.8 Å². The van der Waals surface area contributed by atoms with Crippen molar-refractivity contribution in [3.8, 4) is 0 Å². The highest BCUT2D eigenvalue weighted by Crippen LogP contribution is 2.22. The maximum absolute atomic E-state index is 12.3. The van der Waals surface area contributed by atoms with Crippen LogP contribution in [-0.2, 0) is 0 Å². The van der Waals surface area contributed by atoms with Crippen LogP contribution in [0, 0.1) is 5.92 Å². The molecule has 22 heavy (non-hydrogen) atoms. The summed E-state index contributed by atoms with van der Waals surface area (Å²) >= 11 is 0. The molecule has 1 saturated heterocycles. The molecular weight excluding hydrogens is 278 g/mol. The summed E-state index contributed by atoms with van der Waals surface area (Å²) in [6, 6.07) is 7.08. The van der Waals surface area contributed by atoms with Crippen LogP contribution in [-0.4, -0.2) is 61.4 Å². The molecule has 0 spiro atoms. The second-order valence-corrected chi connectivity index (χ2v) is 6.15. The number of carbonyl (C=O) groups excluding carboxylic acids is 2. The smallest absolute Gasteiger partial charge is 0.261 e. The largest absolute Gasteiger partial charge is 0.319 e. The van der Waals surface area contributed by atoms with Gasteiger partial charge in [-0.05, 0) is 57.6 Å². The summed E-state index contributed by atoms with van der Waals surface area (Å²) in [5.41, 5.74) is 1.08. The van der Waals surface area contributed by atoms with Gasteiger partial charge in [0.1, 0.15) is 0 Å². The summed E-state index contributed by atoms with van der Waals surface area (Å²) in [5, 5.41) is 3.23. The lowest BCUT2D eigenvalue weighted by atomic mass is 9.97. The molecule has 0 aromatic heterocycles. The van der Waals surface area contributed by atoms with Gasteiger partial charge in [-0.1, -0.05) is 12.1 Å². The van der Waals surface area contributed by atoms with Gasteiger partial charge in [0, 0.05) is 13.1 Å². The average Bonchev–Trinajstić information content (AvgIpc) is 2.79. The van der Waals surface area contributed by atoms with Crippen molar-refractivity contribution in [3.05, 3.63) is 35.4 Å². The number of piperidine rings is 1. The fourth-order valence-corrected chi connectivity index (χ4v) is 3.39. The summed E-state index contributed by atoms with van der Waals surface area (Å²) in [6.07, 6.45) is 2.37. The van der Waals surface area contributed by atoms with Crippen molar-refractivity contribution in [3.63, 3.8) is 0 Å². The molecule has 0 atom stereocenters. The molecule has 0 radical (unpaired) electrons. The Bertz CT molecular complexity index is 530. The van der Waals surface area contributed by atoms with Crippen LogP contribution in [0.3, 0.4) is 0 Å². The van der Waals surface area contributed by atoms with E-state index in [9.17, 15) is 9.59 Å². The zero-order chi connectivity index (χ0) is 15.5. The van der Waals surface area contributed by atoms with Crippen LogP contribution in [0.1, 0.15) is 33.6 Å². The Labute approximate surface area is 131 Å². The molecule has 1 fully saturated rings. The fraction of sp³-hybridized carbons (Fsp3) is 0.529. The molecule has 0 bridgehead atoms. The molecule has 1 N–H and O–H groups in total. The quantitative estimate of drug-likeness (QED) is 0.831. The van der Waals surface area contributed by atoms with E-state index < -0.39 is 0 Å². The first-order chi connectivity index (χ1) is 10.7. The number of amides is 2. The molecule has 0 saturated carbocycles. The van der Waals surface area contributed by atoms with Gasteiger partial charge in [-0.25, -0.2) is 0 Å². The Hall–Kier alpha value is -1.72. The number of hydrogen-bond acceptors (Lipinski definition) is 4. The number of benzene rings is 1. The molecule has 5 nitrogen and oxygen atoms in total. The molecule has 0 unspecified atom stereocenters. The van der Waals surface area contributed by atoms with Gasteiger partial charge in [-0.3, -0.25) is 14.5 Å². The molecule has 2 heterocycles. The van der Waals surface area contributed by atoms with E-state index in [0.717, 1.165) is 32.1 Å². The van der Waals surface area contributed by atoms with Crippen molar-refractivity contribution in [1.82, 2.24) is 15.1 Å². The van der Waals surface area contributed by atoms with E-state index in [0.29, 0.717) is 17.7 Å². The van der Waals surface area contributed by atoms with Crippen LogP contribution in [0.4, 0.5) is 0 Å². The van der Waals surface area contributed by atoms with Crippen molar-refractivity contribution >= 4 is 11.8 Å². The zero-order valence-corrected chi connectivity index (χ0v) is 13.0. The number of fused-ring (bicyclic) bond motifs is 1. The molecule has 3 rings (SSSR count). The number of nitrogens with zero attached hydrogens (tertiary/aromatic N) is 2. The van der Waals surface area contributed by atoms with Gasteiger partial charge in [0.25, 0.3) is 11.8 Å². The van der Waals surface area contributed by atoms with Gasteiger partial charge in [0.05, 0.1) is 11.1 Å². The Morgan fingerprint density at radius 2 is 1.64 bits per heavy atom. The van der Waals surface area contributed by atoms with Gasteiger partial charge in [0.15, 0.2) is 0 Å². The monoisotopic (exact) mass is 301 g/mol. The fourth-order valence-electron chi connectivity index (χ4n) is 3.39. The minimum Gasteiger partial charge on any atom is -0.319 e. The molecule has 118 valence electrons. The molecule has 0 aliphatic carbocycles. The molecule has 2 aliphatic heterocycles. The first-order valence-electron chi connectivity index (χ1n) is 8.03. The van der Waals surface area contributed by atoms with Crippen molar-refractivity contribution in [1.29, 1.82) is 0 Å². The summed E-state index contributed by atoms with van der Waals surface area (Å²) in [7, 11) is 1.99. The van der Waals surface area contributed by atoms with E-state index in [2.05, 4.69) is 10.2 Å². The summed E-state index contributed by atoms with van der Waals surface area (Å²) < 4.78 is 0. The molecule has 2 aliphatic rings. The van der Waals surface area contributed by atoms with Gasteiger partial charge < -0.3 is 10.2 Å². The molecular formula is C17H23N3O2. The van der Waals surface area contributed by atoms with E-state index in [-0.39, 0.29) is 11.8 Å². The van der Waals surface area contributed by atoms with Gasteiger partial charge in [-0.15, -0.1) is 0 Å². The van der Waals surface area contributed by atoms with E-state index in [4.69, 9.17) is 0 Å². The Morgan fingerprint density at radius 1 is 1.05 bits per heavy atom. The van der Waals surface area contributed by atoms with Crippen molar-refractivity contribution in [2.75, 3.05) is 39.8 Å². The topological polar surface area (TPSA) is 52.6 Å². The average molecular weight is 301 g/mol. The third-order valence-electron chi connectivity index (χ3n) is 4.72. The zero-order valence-electron chi connectivity index (χ0n) is 13.0. The molecule has 1 aromatic carbocycles. The van der Waals surface area contributed by atoms with Crippen LogP contribution in [0.5, 0.6) is 0 Å². The van der Waals surface area contributed by atoms with E-state index in [1.807, 2.05) is 7.05 Å². The maximum atomic E-state index is 12.3. The van der Waals surface area contributed by atoms with Gasteiger partial charge >= 0.3 is 0 Å². The SMILES string of the molecule is CNCC1CCN(CCN2C(=O)c3ccccc3C2=O)CC1. The number of carbonyl (C=O) groups is 2. The van der Waals surface area contributed by atoms with E-state index in [1.165, 1.54) is 17.7 Å². The lowest BCUT2D eigenvalue weighted by Gasteiger charge is -2.32. The summed E-state index contributed by atoms with van der Waals surface area (Å²) in [4.78, 5) is 28.3. The second-order valence-electron chi connectivity index (χ2n) is 6.15. The predicted octanol–water partition coefficient (Wildman–Crippen LogP) is 1.21. The van der Waals surface area contributed by atoms with Gasteiger partial charge in [0.2, 0.25) is 0 Å². The third-order valence-corrected chi connectivity index (χ3v) is 4.72. The lowest BCUT2D eigenvalue weighted by molar-refractivity contribution is 0.0626. The number of likely N-dealkylation sites (tertiary alicyclic amines) is 1. The maximum Gasteiger partial charge on any atom is 0.261 e. The van der Waals surface area contributed by atoms with Crippen LogP contribution in [0.25, 0.3) is 0 Å². The number of rotatable bonds is 5. The first kappa shape index (κ1) is 15.2. The van der Waals surface area contributed by atoms with Crippen molar-refractivity contribution < 1.29 is 9.59 Å². The Morgan fingerprint density at radius 3 is 2.18 bits per heavy atom. The summed E-state index contributed by atoms with van der Waals surface area (Å²) in [5.74, 6) is 0.455. The lowest BCUT2D eigenvalue weighted by Crippen LogP contribution is -2.42. The normalized spacial score (nSPS) is 19.8. The Kier molecular flexibility index (Phi) is 4.55. The first-order valence-corrected chi connectivity index (χ1v) is 8.03. The predicted molar refractivity (Wildman–Crippen MR) is 84.9 cm³/mol. The number of imide groups is 1. The molecule has 1 aromatic rings. The minimum absolute atomic E-state index is 0.148. The van der Waals surface area contributed by atoms with Crippen LogP contribution in [0.15, 0.2) is 24.3 Å². The van der Waals surface area contributed by atoms with Crippen LogP contribution < -0.4 is 5.32 Å². The Balaban J connectivity index is 1.53. The van der Waals surface area contributed by atoms with E-state index in [1.54, 1.807) is 24.3 Å². The number of hydrogen-bond donors (Lipinski definition) is 1. The van der Waals surface area contributed by atoms with Crippen LogP contribution >= 0.6 is 0 Å². The standard InChI is InChI=1S/C17H23N3O2/c1-18-12-13-6-8-19(9-7-13)10-11-20-16(21)14-4-2-3-5-15(14)17(20)22/h2-5,13,18H,6-12H2,1H3. The van der Waals surface area contributed by atoms with Crippen molar-refractivity contribution in [2.24, 2.45) is 5.92 Å². The minimum atomic E-state index is -0.148.